The van der Waals surface area contributed by atoms with Gasteiger partial charge in [-0.25, -0.2) is 13.2 Å². The number of esters is 1. The molecule has 340 valence electrons. The normalized spacial score (nSPS) is 19.8. The predicted molar refractivity (Wildman–Crippen MR) is 238 cm³/mol. The van der Waals surface area contributed by atoms with Gasteiger partial charge in [-0.05, 0) is 62.2 Å². The maximum Gasteiger partial charge on any atom is 0.318 e. The van der Waals surface area contributed by atoms with Crippen LogP contribution in [0, 0.1) is 24.0 Å². The Kier molecular flexibility index (Phi) is 17.6. The smallest absolute Gasteiger partial charge is 0.318 e. The van der Waals surface area contributed by atoms with Crippen LogP contribution in [-0.4, -0.2) is 110 Å². The van der Waals surface area contributed by atoms with Crippen LogP contribution >= 0.6 is 0 Å². The number of terminal acetylenes is 1. The monoisotopic (exact) mass is 874 g/mol. The molecule has 5 aliphatic rings. The number of halogens is 3. The molecule has 5 fully saturated rings. The van der Waals surface area contributed by atoms with E-state index in [1.165, 1.54) is 78.1 Å². The molecule has 9 rings (SSSR count). The number of unbranched alkanes of at least 4 members (excludes halogenated alkanes) is 8. The van der Waals surface area contributed by atoms with Gasteiger partial charge in [0.1, 0.15) is 48.0 Å². The third-order valence-corrected chi connectivity index (χ3v) is 12.2. The molecule has 15 heteroatoms. The molecular weight excluding hydrogens is 814 g/mol. The first-order chi connectivity index (χ1) is 30.7. The Morgan fingerprint density at radius 2 is 1.70 bits per heavy atom. The van der Waals surface area contributed by atoms with Crippen molar-refractivity contribution in [3.8, 4) is 35.4 Å². The number of piperazine rings is 1. The van der Waals surface area contributed by atoms with Gasteiger partial charge in [0.15, 0.2) is 5.82 Å². The second kappa shape index (κ2) is 23.5. The lowest BCUT2D eigenvalue weighted by Gasteiger charge is -2.48. The van der Waals surface area contributed by atoms with Gasteiger partial charge in [-0.1, -0.05) is 70.3 Å². The summed E-state index contributed by atoms with van der Waals surface area (Å²) < 4.78 is 63.4. The van der Waals surface area contributed by atoms with Crippen molar-refractivity contribution in [3.05, 3.63) is 47.7 Å². The molecule has 0 spiro atoms. The minimum absolute atomic E-state index is 0.0154. The number of nitrogens with one attached hydrogen (secondary N) is 1. The minimum Gasteiger partial charge on any atom is -0.497 e. The van der Waals surface area contributed by atoms with Crippen molar-refractivity contribution >= 4 is 39.9 Å². The van der Waals surface area contributed by atoms with Crippen molar-refractivity contribution in [3.63, 3.8) is 0 Å². The third kappa shape index (κ3) is 12.3. The molecule has 0 amide bonds. The quantitative estimate of drug-likeness (QED) is 0.0446. The predicted octanol–water partition coefficient (Wildman–Crippen LogP) is 8.49. The van der Waals surface area contributed by atoms with Crippen molar-refractivity contribution in [2.45, 2.75) is 121 Å². The highest BCUT2D eigenvalue weighted by Crippen LogP contribution is 2.39. The van der Waals surface area contributed by atoms with E-state index in [4.69, 9.17) is 20.6 Å². The van der Waals surface area contributed by atoms with Gasteiger partial charge in [0.05, 0.1) is 25.2 Å². The SMILES string of the molecule is C#Cc1c(F)ccc2cc(OC)cc(-c3ncc4c(N5CC6CC(C5)N6)nc(OC)nc4c3F)c12.CCCCCCCCCCCC(=O)OCCOC=O.F[C@@H]1CC2CCCN2C1. The van der Waals surface area contributed by atoms with E-state index in [-0.39, 0.29) is 42.0 Å². The Bertz CT molecular complexity index is 2180. The van der Waals surface area contributed by atoms with E-state index < -0.39 is 17.8 Å². The van der Waals surface area contributed by atoms with Gasteiger partial charge in [-0.2, -0.15) is 9.97 Å². The van der Waals surface area contributed by atoms with Crippen molar-refractivity contribution in [2.75, 3.05) is 58.5 Å². The molecule has 5 saturated heterocycles. The second-order valence-corrected chi connectivity index (χ2v) is 16.6. The second-order valence-electron chi connectivity index (χ2n) is 16.6. The Hall–Kier alpha value is -5.20. The first-order valence-corrected chi connectivity index (χ1v) is 22.4. The molecule has 7 heterocycles. The number of alkyl halides is 1. The van der Waals surface area contributed by atoms with Crippen LogP contribution in [0.1, 0.15) is 102 Å². The molecule has 0 aliphatic carbocycles. The standard InChI is InChI=1S/C26H21F2N5O2.C15H28O4.C7H12FN/c1-4-17-20(27)6-5-13-7-16(34-2)9-18(21(13)17)23-22(28)24-19(10-29-23)25(32-26(31-24)35-3)33-11-14-8-15(12-33)30-14;1-2-3-4-5-6-7-8-9-10-11-15(17)19-13-12-18-14-16;8-6-4-7-2-1-3-9(7)5-6/h1,5-7,9-10,14-15,30H,8,11-12H2,2-3H3;14H,2-13H2,1H3;6-7H,1-5H2/t;;6-,7?/m..1/s1. The van der Waals surface area contributed by atoms with E-state index >= 15 is 4.39 Å². The van der Waals surface area contributed by atoms with Gasteiger partial charge >= 0.3 is 12.0 Å². The number of fused-ring (bicyclic) bond motifs is 5. The zero-order chi connectivity index (χ0) is 44.7. The zero-order valence-electron chi connectivity index (χ0n) is 36.8. The van der Waals surface area contributed by atoms with E-state index in [2.05, 4.69) is 47.6 Å². The fourth-order valence-electron chi connectivity index (χ4n) is 9.02. The fourth-order valence-corrected chi connectivity index (χ4v) is 9.02. The van der Waals surface area contributed by atoms with E-state index in [9.17, 15) is 18.4 Å². The van der Waals surface area contributed by atoms with Gasteiger partial charge in [0.25, 0.3) is 6.47 Å². The van der Waals surface area contributed by atoms with Crippen LogP contribution in [0.5, 0.6) is 11.8 Å². The van der Waals surface area contributed by atoms with Crippen LogP contribution in [0.25, 0.3) is 32.9 Å². The van der Waals surface area contributed by atoms with Gasteiger partial charge in [0.2, 0.25) is 0 Å². The summed E-state index contributed by atoms with van der Waals surface area (Å²) in [5.74, 6) is 1.99. The Balaban J connectivity index is 0.000000197. The van der Waals surface area contributed by atoms with Gasteiger partial charge < -0.3 is 29.2 Å². The number of ether oxygens (including phenoxy) is 4. The van der Waals surface area contributed by atoms with Crippen LogP contribution in [-0.2, 0) is 19.1 Å². The molecule has 0 saturated carbocycles. The number of piperidine rings is 1. The van der Waals surface area contributed by atoms with Crippen molar-refractivity contribution in [2.24, 2.45) is 0 Å². The molecule has 12 nitrogen and oxygen atoms in total. The van der Waals surface area contributed by atoms with Gasteiger partial charge in [-0.3, -0.25) is 19.5 Å². The van der Waals surface area contributed by atoms with Crippen molar-refractivity contribution in [1.82, 2.24) is 25.2 Å². The summed E-state index contributed by atoms with van der Waals surface area (Å²) in [5.41, 5.74) is 0.397. The number of methoxy groups -OCH3 is 2. The van der Waals surface area contributed by atoms with Crippen LogP contribution in [0.3, 0.4) is 0 Å². The summed E-state index contributed by atoms with van der Waals surface area (Å²) in [5, 5.41) is 4.94. The highest BCUT2D eigenvalue weighted by atomic mass is 19.1. The first-order valence-electron chi connectivity index (χ1n) is 22.4. The molecule has 0 radical (unpaired) electrons. The van der Waals surface area contributed by atoms with Crippen LogP contribution in [0.4, 0.5) is 19.0 Å². The van der Waals surface area contributed by atoms with E-state index in [1.807, 2.05) is 0 Å². The van der Waals surface area contributed by atoms with Gasteiger partial charge in [-0.15, -0.1) is 6.42 Å². The number of hydrogen-bond donors (Lipinski definition) is 1. The van der Waals surface area contributed by atoms with E-state index in [1.54, 1.807) is 24.4 Å². The summed E-state index contributed by atoms with van der Waals surface area (Å²) in [6, 6.07) is 7.61. The van der Waals surface area contributed by atoms with E-state index in [0.717, 1.165) is 45.3 Å². The Morgan fingerprint density at radius 3 is 2.37 bits per heavy atom. The van der Waals surface area contributed by atoms with Crippen LogP contribution in [0.2, 0.25) is 0 Å². The third-order valence-electron chi connectivity index (χ3n) is 12.2. The highest BCUT2D eigenvalue weighted by molar-refractivity contribution is 6.03. The minimum atomic E-state index is -0.675. The lowest BCUT2D eigenvalue weighted by molar-refractivity contribution is -0.147. The lowest BCUT2D eigenvalue weighted by Crippen LogP contribution is -2.67. The number of benzene rings is 2. The van der Waals surface area contributed by atoms with Crippen LogP contribution < -0.4 is 19.7 Å². The number of rotatable bonds is 18. The fraction of sp³-hybridized carbons (Fsp3) is 0.562. The number of pyridine rings is 1. The number of carbonyl (C=O) groups excluding carboxylic acids is 2. The lowest BCUT2D eigenvalue weighted by atomic mass is 9.91. The topological polar surface area (TPSA) is 128 Å². The first kappa shape index (κ1) is 47.3. The molecule has 2 aromatic heterocycles. The largest absolute Gasteiger partial charge is 0.497 e. The Morgan fingerprint density at radius 1 is 0.968 bits per heavy atom. The molecule has 2 aromatic carbocycles. The maximum absolute atomic E-state index is 16.2. The van der Waals surface area contributed by atoms with E-state index in [0.29, 0.717) is 70.9 Å². The van der Waals surface area contributed by atoms with Crippen molar-refractivity contribution < 1.29 is 41.7 Å². The molecule has 1 N–H and O–H groups in total. The van der Waals surface area contributed by atoms with Crippen molar-refractivity contribution in [1.29, 1.82) is 0 Å². The summed E-state index contributed by atoms with van der Waals surface area (Å²) in [6.45, 7) is 6.25. The summed E-state index contributed by atoms with van der Waals surface area (Å²) in [7, 11) is 2.95. The highest BCUT2D eigenvalue weighted by Gasteiger charge is 2.38. The number of nitrogens with zero attached hydrogens (tertiary/aromatic N) is 5. The van der Waals surface area contributed by atoms with Gasteiger partial charge in [0, 0.05) is 61.3 Å². The Labute approximate surface area is 368 Å². The number of anilines is 1. The molecule has 63 heavy (non-hydrogen) atoms. The number of aromatic nitrogens is 3. The molecule has 4 atom stereocenters. The zero-order valence-corrected chi connectivity index (χ0v) is 36.8. The molecular formula is C48H61F3N6O6. The molecule has 5 aliphatic heterocycles. The molecule has 2 bridgehead atoms. The summed E-state index contributed by atoms with van der Waals surface area (Å²) in [4.78, 5) is 38.8. The average Bonchev–Trinajstić information content (AvgIpc) is 3.88. The summed E-state index contributed by atoms with van der Waals surface area (Å²) in [6.07, 6.45) is 22.7. The van der Waals surface area contributed by atoms with Crippen LogP contribution in [0.15, 0.2) is 30.5 Å². The molecule has 3 unspecified atom stereocenters. The number of carbonyl (C=O) groups is 2. The molecule has 4 aromatic rings. The average molecular weight is 875 g/mol. The summed E-state index contributed by atoms with van der Waals surface area (Å²) >= 11 is 0. The maximum atomic E-state index is 16.2. The number of hydrogen-bond acceptors (Lipinski definition) is 12.